The van der Waals surface area contributed by atoms with Crippen molar-refractivity contribution in [3.05, 3.63) is 76.2 Å². The maximum Gasteiger partial charge on any atom is 0.275 e. The lowest BCUT2D eigenvalue weighted by Crippen LogP contribution is -2.45. The number of carbonyl (C=O) groups excluding carboxylic acids is 1. The first-order valence-electron chi connectivity index (χ1n) is 10.3. The third-order valence-corrected chi connectivity index (χ3v) is 5.24. The third kappa shape index (κ3) is 4.44. The molecule has 0 saturated heterocycles. The van der Waals surface area contributed by atoms with Crippen LogP contribution < -0.4 is 5.56 Å². The van der Waals surface area contributed by atoms with E-state index in [4.69, 9.17) is 4.74 Å². The minimum Gasteiger partial charge on any atom is -0.383 e. The van der Waals surface area contributed by atoms with E-state index in [0.29, 0.717) is 36.0 Å². The summed E-state index contributed by atoms with van der Waals surface area (Å²) < 4.78 is 6.84. The number of hydrogen-bond donors (Lipinski definition) is 0. The number of benzene rings is 2. The van der Waals surface area contributed by atoms with Crippen LogP contribution in [0.2, 0.25) is 0 Å². The molecule has 0 aliphatic heterocycles. The van der Waals surface area contributed by atoms with Gasteiger partial charge < -0.3 is 9.64 Å². The Morgan fingerprint density at radius 1 is 1.07 bits per heavy atom. The number of amides is 1. The molecule has 0 spiro atoms. The van der Waals surface area contributed by atoms with Crippen molar-refractivity contribution >= 4 is 16.7 Å². The first-order valence-corrected chi connectivity index (χ1v) is 10.3. The van der Waals surface area contributed by atoms with Crippen molar-refractivity contribution in [3.63, 3.8) is 0 Å². The van der Waals surface area contributed by atoms with Gasteiger partial charge in [0.05, 0.1) is 24.1 Å². The minimum absolute atomic E-state index is 0.144. The second-order valence-corrected chi connectivity index (χ2v) is 7.63. The van der Waals surface area contributed by atoms with Crippen molar-refractivity contribution in [1.82, 2.24) is 14.7 Å². The van der Waals surface area contributed by atoms with Crippen LogP contribution >= 0.6 is 0 Å². The number of rotatable bonds is 8. The molecule has 0 radical (unpaired) electrons. The van der Waals surface area contributed by atoms with Crippen LogP contribution in [-0.2, 0) is 11.2 Å². The predicted octanol–water partition coefficient (Wildman–Crippen LogP) is 3.70. The highest BCUT2D eigenvalue weighted by molar-refractivity contribution is 6.04. The van der Waals surface area contributed by atoms with E-state index >= 15 is 0 Å². The number of methoxy groups -OCH3 is 1. The van der Waals surface area contributed by atoms with Gasteiger partial charge in [-0.15, -0.1) is 0 Å². The Bertz CT molecular complexity index is 1060. The number of aromatic nitrogens is 2. The minimum atomic E-state index is -0.193. The Morgan fingerprint density at radius 3 is 2.30 bits per heavy atom. The quantitative estimate of drug-likeness (QED) is 0.571. The van der Waals surface area contributed by atoms with Crippen LogP contribution in [0.15, 0.2) is 59.4 Å². The van der Waals surface area contributed by atoms with Crippen LogP contribution in [0.25, 0.3) is 10.8 Å². The molecule has 0 N–H and O–H groups in total. The van der Waals surface area contributed by atoms with E-state index in [9.17, 15) is 9.59 Å². The van der Waals surface area contributed by atoms with E-state index in [0.717, 1.165) is 5.56 Å². The van der Waals surface area contributed by atoms with Crippen LogP contribution in [0.4, 0.5) is 0 Å². The second kappa shape index (κ2) is 9.67. The van der Waals surface area contributed by atoms with Crippen molar-refractivity contribution in [2.24, 2.45) is 0 Å². The lowest BCUT2D eigenvalue weighted by atomic mass is 10.0. The van der Waals surface area contributed by atoms with Gasteiger partial charge in [-0.3, -0.25) is 9.59 Å². The molecule has 2 aromatic carbocycles. The zero-order chi connectivity index (χ0) is 21.7. The zero-order valence-electron chi connectivity index (χ0n) is 18.0. The summed E-state index contributed by atoms with van der Waals surface area (Å²) in [5.41, 5.74) is 1.25. The molecular weight excluding hydrogens is 378 g/mol. The highest BCUT2D eigenvalue weighted by Gasteiger charge is 2.27. The van der Waals surface area contributed by atoms with Crippen molar-refractivity contribution in [2.45, 2.75) is 39.3 Å². The summed E-state index contributed by atoms with van der Waals surface area (Å²) >= 11 is 0. The Morgan fingerprint density at radius 2 is 1.70 bits per heavy atom. The average Bonchev–Trinajstić information content (AvgIpc) is 2.75. The number of likely N-dealkylation sites (N-methyl/N-ethyl adjacent to an activating group) is 1. The van der Waals surface area contributed by atoms with Gasteiger partial charge in [0, 0.05) is 19.0 Å². The van der Waals surface area contributed by atoms with E-state index in [1.807, 2.05) is 63.2 Å². The Labute approximate surface area is 177 Å². The summed E-state index contributed by atoms with van der Waals surface area (Å²) in [7, 11) is 1.64. The van der Waals surface area contributed by atoms with Gasteiger partial charge in [0.1, 0.15) is 0 Å². The lowest BCUT2D eigenvalue weighted by molar-refractivity contribution is 0.0540. The highest BCUT2D eigenvalue weighted by atomic mass is 16.5. The Kier molecular flexibility index (Phi) is 7.00. The summed E-state index contributed by atoms with van der Waals surface area (Å²) in [4.78, 5) is 28.3. The molecule has 6 nitrogen and oxygen atoms in total. The molecule has 0 fully saturated rings. The van der Waals surface area contributed by atoms with Crippen LogP contribution in [0, 0.1) is 0 Å². The molecule has 0 aliphatic carbocycles. The van der Waals surface area contributed by atoms with Crippen LogP contribution in [0.1, 0.15) is 42.9 Å². The van der Waals surface area contributed by atoms with Gasteiger partial charge >= 0.3 is 0 Å². The summed E-state index contributed by atoms with van der Waals surface area (Å²) in [6.07, 6.45) is 0.677. The molecule has 3 aromatic rings. The van der Waals surface area contributed by atoms with Gasteiger partial charge in [0.2, 0.25) is 0 Å². The normalized spacial score (nSPS) is 12.3. The smallest absolute Gasteiger partial charge is 0.275 e. The number of hydrogen-bond acceptors (Lipinski definition) is 4. The van der Waals surface area contributed by atoms with Gasteiger partial charge in [-0.05, 0) is 38.8 Å². The molecule has 3 rings (SSSR count). The van der Waals surface area contributed by atoms with Crippen molar-refractivity contribution in [1.29, 1.82) is 0 Å². The number of fused-ring (bicyclic) bond motifs is 1. The maximum atomic E-state index is 13.7. The van der Waals surface area contributed by atoms with E-state index in [2.05, 4.69) is 5.10 Å². The zero-order valence-corrected chi connectivity index (χ0v) is 18.0. The van der Waals surface area contributed by atoms with Gasteiger partial charge in [0.25, 0.3) is 11.5 Å². The molecule has 0 saturated carbocycles. The van der Waals surface area contributed by atoms with Crippen molar-refractivity contribution < 1.29 is 9.53 Å². The maximum absolute atomic E-state index is 13.7. The lowest BCUT2D eigenvalue weighted by Gasteiger charge is -2.31. The first kappa shape index (κ1) is 21.7. The number of ether oxygens (including phenoxy) is 1. The third-order valence-electron chi connectivity index (χ3n) is 5.24. The Hall–Kier alpha value is -2.99. The van der Waals surface area contributed by atoms with Crippen LogP contribution in [-0.4, -0.2) is 46.9 Å². The molecule has 1 atom stereocenters. The monoisotopic (exact) mass is 407 g/mol. The van der Waals surface area contributed by atoms with Gasteiger partial charge in [-0.2, -0.15) is 5.10 Å². The summed E-state index contributed by atoms with van der Waals surface area (Å²) in [5, 5.41) is 5.58. The topological polar surface area (TPSA) is 64.4 Å². The molecule has 1 aromatic heterocycles. The molecule has 1 heterocycles. The van der Waals surface area contributed by atoms with Gasteiger partial charge in [-0.1, -0.05) is 48.5 Å². The number of nitrogens with zero attached hydrogens (tertiary/aromatic N) is 3. The molecular formula is C24H29N3O3. The van der Waals surface area contributed by atoms with Gasteiger partial charge in [0.15, 0.2) is 5.69 Å². The van der Waals surface area contributed by atoms with Crippen molar-refractivity contribution in [3.8, 4) is 0 Å². The van der Waals surface area contributed by atoms with E-state index < -0.39 is 0 Å². The SMILES string of the molecule is CCN(C(=O)c1nn(C(C)C)c(=O)c2ccccc12)[C@H](COC)Cc1ccccc1. The predicted molar refractivity (Wildman–Crippen MR) is 119 cm³/mol. The summed E-state index contributed by atoms with van der Waals surface area (Å²) in [6.45, 7) is 6.65. The second-order valence-electron chi connectivity index (χ2n) is 7.63. The van der Waals surface area contributed by atoms with Crippen molar-refractivity contribution in [2.75, 3.05) is 20.3 Å². The van der Waals surface area contributed by atoms with Gasteiger partial charge in [-0.25, -0.2) is 4.68 Å². The van der Waals surface area contributed by atoms with E-state index in [1.54, 1.807) is 24.1 Å². The molecule has 0 aliphatic rings. The fraction of sp³-hybridized carbons (Fsp3) is 0.375. The molecule has 0 bridgehead atoms. The molecule has 6 heteroatoms. The van der Waals surface area contributed by atoms with Crippen LogP contribution in [0.5, 0.6) is 0 Å². The summed E-state index contributed by atoms with van der Waals surface area (Å²) in [6, 6.07) is 16.9. The van der Waals surface area contributed by atoms with E-state index in [1.165, 1.54) is 4.68 Å². The largest absolute Gasteiger partial charge is 0.383 e. The van der Waals surface area contributed by atoms with E-state index in [-0.39, 0.29) is 23.6 Å². The van der Waals surface area contributed by atoms with Crippen LogP contribution in [0.3, 0.4) is 0 Å². The molecule has 0 unspecified atom stereocenters. The Balaban J connectivity index is 2.07. The average molecular weight is 408 g/mol. The fourth-order valence-corrected chi connectivity index (χ4v) is 3.76. The molecule has 158 valence electrons. The number of carbonyl (C=O) groups is 1. The first-order chi connectivity index (χ1) is 14.5. The summed E-state index contributed by atoms with van der Waals surface area (Å²) in [5.74, 6) is -0.193. The standard InChI is InChI=1S/C24H29N3O3/c1-5-26(19(16-30-4)15-18-11-7-6-8-12-18)24(29)22-20-13-9-10-14-21(20)23(28)27(25-22)17(2)3/h6-14,17,19H,5,15-16H2,1-4H3/t19-/m0/s1. The molecule has 1 amide bonds. The fourth-order valence-electron chi connectivity index (χ4n) is 3.76. The highest BCUT2D eigenvalue weighted by Crippen LogP contribution is 2.19. The molecule has 30 heavy (non-hydrogen) atoms.